The lowest BCUT2D eigenvalue weighted by molar-refractivity contribution is 0.211. The van der Waals surface area contributed by atoms with Crippen LogP contribution in [0.5, 0.6) is 5.75 Å². The quantitative estimate of drug-likeness (QED) is 0.377. The molecule has 0 spiro atoms. The molecular weight excluding hydrogens is 322 g/mol. The second-order valence-electron chi connectivity index (χ2n) is 5.40. The Labute approximate surface area is 144 Å². The zero-order valence-corrected chi connectivity index (χ0v) is 14.1. The van der Waals surface area contributed by atoms with Crippen LogP contribution in [0.3, 0.4) is 0 Å². The minimum absolute atomic E-state index is 0.443. The molecular formula is C16H21N7O2. The van der Waals surface area contributed by atoms with Gasteiger partial charge in [0.05, 0.1) is 25.6 Å². The number of fused-ring (bicyclic) bond motifs is 1. The maximum Gasteiger partial charge on any atom is 0.179 e. The molecule has 0 fully saturated rings. The topological polar surface area (TPSA) is 125 Å². The summed E-state index contributed by atoms with van der Waals surface area (Å²) in [6.45, 7) is 1.20. The molecule has 25 heavy (non-hydrogen) atoms. The summed E-state index contributed by atoms with van der Waals surface area (Å²) in [5.41, 5.74) is 14.6. The summed E-state index contributed by atoms with van der Waals surface area (Å²) in [5.74, 6) is 1.69. The fourth-order valence-corrected chi connectivity index (χ4v) is 2.42. The van der Waals surface area contributed by atoms with E-state index in [9.17, 15) is 0 Å². The molecule has 0 radical (unpaired) electrons. The zero-order chi connectivity index (χ0) is 17.8. The number of imidazole rings is 1. The predicted molar refractivity (Wildman–Crippen MR) is 98.5 cm³/mol. The molecule has 9 heteroatoms. The van der Waals surface area contributed by atoms with Gasteiger partial charge in [0.1, 0.15) is 11.6 Å². The minimum Gasteiger partial charge on any atom is -0.497 e. The number of hydrogen-bond acceptors (Lipinski definition) is 8. The van der Waals surface area contributed by atoms with Crippen LogP contribution >= 0.6 is 0 Å². The van der Waals surface area contributed by atoms with Gasteiger partial charge in [-0.3, -0.25) is 0 Å². The average molecular weight is 343 g/mol. The first-order chi connectivity index (χ1) is 12.1. The fraction of sp³-hybridized carbons (Fsp3) is 0.250. The minimum atomic E-state index is 0.443. The van der Waals surface area contributed by atoms with Crippen molar-refractivity contribution in [3.8, 4) is 5.75 Å². The summed E-state index contributed by atoms with van der Waals surface area (Å²) in [7, 11) is 3.24. The molecule has 2 heterocycles. The van der Waals surface area contributed by atoms with E-state index in [0.717, 1.165) is 11.4 Å². The molecule has 0 saturated carbocycles. The third-order valence-corrected chi connectivity index (χ3v) is 3.55. The molecule has 6 N–H and O–H groups in total. The number of nitrogens with zero attached hydrogens (tertiary/aromatic N) is 3. The lowest BCUT2D eigenvalue weighted by Gasteiger charge is -2.12. The van der Waals surface area contributed by atoms with Gasteiger partial charge in [0.25, 0.3) is 0 Å². The van der Waals surface area contributed by atoms with Crippen LogP contribution in [0.15, 0.2) is 30.5 Å². The Morgan fingerprint density at radius 3 is 2.76 bits per heavy atom. The van der Waals surface area contributed by atoms with Crippen molar-refractivity contribution < 1.29 is 9.47 Å². The molecule has 1 aromatic carbocycles. The van der Waals surface area contributed by atoms with E-state index in [1.54, 1.807) is 37.1 Å². The van der Waals surface area contributed by atoms with E-state index in [1.165, 1.54) is 0 Å². The predicted octanol–water partition coefficient (Wildman–Crippen LogP) is 1.70. The molecule has 3 aromatic rings. The molecule has 0 aliphatic rings. The first-order valence-electron chi connectivity index (χ1n) is 7.69. The number of benzene rings is 1. The second-order valence-corrected chi connectivity index (χ2v) is 5.40. The van der Waals surface area contributed by atoms with Crippen molar-refractivity contribution in [1.29, 1.82) is 0 Å². The van der Waals surface area contributed by atoms with Crippen LogP contribution < -0.4 is 26.8 Å². The van der Waals surface area contributed by atoms with Crippen molar-refractivity contribution in [3.05, 3.63) is 30.5 Å². The van der Waals surface area contributed by atoms with Gasteiger partial charge in [-0.2, -0.15) is 4.52 Å². The largest absolute Gasteiger partial charge is 0.497 e. The normalized spacial score (nSPS) is 10.8. The van der Waals surface area contributed by atoms with Gasteiger partial charge in [-0.1, -0.05) is 0 Å². The van der Waals surface area contributed by atoms with Crippen molar-refractivity contribution in [2.75, 3.05) is 49.5 Å². The Bertz CT molecular complexity index is 878. The first-order valence-corrected chi connectivity index (χ1v) is 7.69. The number of nitrogens with one attached hydrogen (secondary N) is 2. The number of methoxy groups -OCH3 is 2. The summed E-state index contributed by atoms with van der Waals surface area (Å²) in [4.78, 5) is 4.29. The smallest absolute Gasteiger partial charge is 0.179 e. The molecule has 3 rings (SSSR count). The van der Waals surface area contributed by atoms with E-state index in [4.69, 9.17) is 20.9 Å². The number of aromatic nitrogens is 3. The van der Waals surface area contributed by atoms with E-state index in [2.05, 4.69) is 20.7 Å². The van der Waals surface area contributed by atoms with E-state index in [0.29, 0.717) is 41.9 Å². The fourth-order valence-electron chi connectivity index (χ4n) is 2.42. The maximum absolute atomic E-state index is 5.95. The van der Waals surface area contributed by atoms with Gasteiger partial charge in [-0.25, -0.2) is 4.98 Å². The lowest BCUT2D eigenvalue weighted by Crippen LogP contribution is -2.11. The summed E-state index contributed by atoms with van der Waals surface area (Å²) in [6, 6.07) is 7.22. The molecule has 9 nitrogen and oxygen atoms in total. The second kappa shape index (κ2) is 7.14. The Morgan fingerprint density at radius 1 is 1.16 bits per heavy atom. The highest BCUT2D eigenvalue weighted by Gasteiger charge is 2.10. The van der Waals surface area contributed by atoms with Gasteiger partial charge < -0.3 is 31.6 Å². The van der Waals surface area contributed by atoms with Crippen molar-refractivity contribution in [2.45, 2.75) is 0 Å². The Morgan fingerprint density at radius 2 is 2.00 bits per heavy atom. The van der Waals surface area contributed by atoms with Crippen LogP contribution in [0.25, 0.3) is 5.65 Å². The summed E-state index contributed by atoms with van der Waals surface area (Å²) in [6.07, 6.45) is 1.57. The van der Waals surface area contributed by atoms with Crippen LogP contribution in [-0.4, -0.2) is 42.0 Å². The number of hydrogen-bond donors (Lipinski definition) is 4. The zero-order valence-electron chi connectivity index (χ0n) is 14.1. The van der Waals surface area contributed by atoms with Gasteiger partial charge in [-0.05, 0) is 6.07 Å². The third-order valence-electron chi connectivity index (χ3n) is 3.55. The SMILES string of the molecule is COCCNc1cc(Nc2cc(N)cc(OC)c2)nn2c(N)cnc12. The van der Waals surface area contributed by atoms with Gasteiger partial charge >= 0.3 is 0 Å². The van der Waals surface area contributed by atoms with Gasteiger partial charge in [0.15, 0.2) is 11.5 Å². The number of ether oxygens (including phenoxy) is 2. The van der Waals surface area contributed by atoms with Crippen LogP contribution in [0.1, 0.15) is 0 Å². The molecule has 0 aliphatic carbocycles. The van der Waals surface area contributed by atoms with Crippen molar-refractivity contribution >= 4 is 34.3 Å². The number of rotatable bonds is 7. The molecule has 2 aromatic heterocycles. The molecule has 0 bridgehead atoms. The van der Waals surface area contributed by atoms with E-state index in [1.807, 2.05) is 12.1 Å². The third kappa shape index (κ3) is 3.66. The summed E-state index contributed by atoms with van der Waals surface area (Å²) in [5, 5.41) is 11.0. The van der Waals surface area contributed by atoms with E-state index < -0.39 is 0 Å². The molecule has 0 amide bonds. The molecule has 0 saturated heterocycles. The van der Waals surface area contributed by atoms with Crippen LogP contribution in [0.2, 0.25) is 0 Å². The van der Waals surface area contributed by atoms with Gasteiger partial charge in [-0.15, -0.1) is 5.10 Å². The number of nitrogen functional groups attached to an aromatic ring is 2. The molecule has 0 unspecified atom stereocenters. The maximum atomic E-state index is 5.95. The molecule has 132 valence electrons. The van der Waals surface area contributed by atoms with E-state index in [-0.39, 0.29) is 0 Å². The van der Waals surface area contributed by atoms with E-state index >= 15 is 0 Å². The van der Waals surface area contributed by atoms with Gasteiger partial charge in [0.2, 0.25) is 0 Å². The van der Waals surface area contributed by atoms with Crippen LogP contribution in [-0.2, 0) is 4.74 Å². The summed E-state index contributed by atoms with van der Waals surface area (Å²) < 4.78 is 11.9. The number of anilines is 5. The standard InChI is InChI=1S/C16H21N7O2/c1-24-4-3-19-13-8-15(22-23-14(18)9-20-16(13)23)21-11-5-10(17)6-12(7-11)25-2/h5-9,19H,3-4,17-18H2,1-2H3,(H,21,22). The molecule has 0 atom stereocenters. The highest BCUT2D eigenvalue weighted by molar-refractivity contribution is 5.74. The highest BCUT2D eigenvalue weighted by Crippen LogP contribution is 2.27. The Kier molecular flexibility index (Phi) is 4.75. The lowest BCUT2D eigenvalue weighted by atomic mass is 10.2. The monoisotopic (exact) mass is 343 g/mol. The number of nitrogens with two attached hydrogens (primary N) is 2. The summed E-state index contributed by atoms with van der Waals surface area (Å²) >= 11 is 0. The average Bonchev–Trinajstić information content (AvgIpc) is 2.96. The van der Waals surface area contributed by atoms with Crippen LogP contribution in [0, 0.1) is 0 Å². The van der Waals surface area contributed by atoms with Crippen LogP contribution in [0.4, 0.5) is 28.7 Å². The Hall–Kier alpha value is -3.20. The van der Waals surface area contributed by atoms with Crippen molar-refractivity contribution in [3.63, 3.8) is 0 Å². The first kappa shape index (κ1) is 16.7. The van der Waals surface area contributed by atoms with Crippen molar-refractivity contribution in [2.24, 2.45) is 0 Å². The molecule has 0 aliphatic heterocycles. The highest BCUT2D eigenvalue weighted by atomic mass is 16.5. The van der Waals surface area contributed by atoms with Gasteiger partial charge in [0, 0.05) is 43.2 Å². The Balaban J connectivity index is 1.95. The van der Waals surface area contributed by atoms with Crippen molar-refractivity contribution in [1.82, 2.24) is 14.6 Å².